The van der Waals surface area contributed by atoms with Crippen LogP contribution in [0.5, 0.6) is 11.5 Å². The van der Waals surface area contributed by atoms with Crippen LogP contribution in [-0.2, 0) is 18.6 Å². The maximum absolute atomic E-state index is 14.4. The molecule has 3 aromatic rings. The predicted molar refractivity (Wildman–Crippen MR) is 102 cm³/mol. The van der Waals surface area contributed by atoms with Crippen molar-refractivity contribution in [2.75, 3.05) is 0 Å². The summed E-state index contributed by atoms with van der Waals surface area (Å²) in [6.45, 7) is 1.73. The smallest absolute Gasteiger partial charge is 0.429 e. The van der Waals surface area contributed by atoms with Gasteiger partial charge in [-0.3, -0.25) is 0 Å². The number of hydrogen-bond donors (Lipinski definition) is 0. The third-order valence-corrected chi connectivity index (χ3v) is 4.57. The predicted octanol–water partition coefficient (Wildman–Crippen LogP) is 7.59. The van der Waals surface area contributed by atoms with Crippen molar-refractivity contribution in [1.29, 1.82) is 0 Å². The second kappa shape index (κ2) is 9.47. The lowest BCUT2D eigenvalue weighted by Crippen LogP contribution is -2.26. The fraction of sp³-hybridized carbons (Fsp3) is 0.217. The van der Waals surface area contributed by atoms with Crippen LogP contribution in [0.3, 0.4) is 0 Å². The molecule has 0 atom stereocenters. The van der Waals surface area contributed by atoms with Gasteiger partial charge in [-0.25, -0.2) is 22.0 Å². The molecule has 0 unspecified atom stereocenters. The first-order chi connectivity index (χ1) is 15.8. The molecule has 0 aliphatic heterocycles. The highest BCUT2D eigenvalue weighted by molar-refractivity contribution is 5.33. The Bertz CT molecular complexity index is 1130. The van der Waals surface area contributed by atoms with Crippen molar-refractivity contribution in [2.45, 2.75) is 32.0 Å². The summed E-state index contributed by atoms with van der Waals surface area (Å²) in [5, 5.41) is 0. The minimum absolute atomic E-state index is 0.171. The third-order valence-electron chi connectivity index (χ3n) is 4.57. The highest BCUT2D eigenvalue weighted by Gasteiger charge is 2.41. The average molecular weight is 494 g/mol. The number of hydrogen-bond acceptors (Lipinski definition) is 2. The Hall–Kier alpha value is -3.37. The molecule has 3 aromatic carbocycles. The summed E-state index contributed by atoms with van der Waals surface area (Å²) < 4.78 is 134. The Morgan fingerprint density at radius 3 is 1.65 bits per heavy atom. The summed E-state index contributed by atoms with van der Waals surface area (Å²) in [4.78, 5) is 0. The molecule has 0 aliphatic rings. The van der Waals surface area contributed by atoms with Gasteiger partial charge in [0.15, 0.2) is 17.5 Å². The van der Waals surface area contributed by atoms with Crippen molar-refractivity contribution < 1.29 is 49.0 Å². The monoisotopic (exact) mass is 494 g/mol. The lowest BCUT2D eigenvalue weighted by atomic mass is 10.1. The highest BCUT2D eigenvalue weighted by Crippen LogP contribution is 2.37. The number of halogens is 9. The van der Waals surface area contributed by atoms with E-state index in [4.69, 9.17) is 0 Å². The summed E-state index contributed by atoms with van der Waals surface area (Å²) in [7, 11) is 0. The van der Waals surface area contributed by atoms with Gasteiger partial charge >= 0.3 is 12.2 Å². The van der Waals surface area contributed by atoms with Crippen LogP contribution < -0.4 is 9.47 Å². The number of rotatable bonds is 8. The van der Waals surface area contributed by atoms with Crippen molar-refractivity contribution in [3.05, 3.63) is 94.3 Å². The minimum Gasteiger partial charge on any atom is -0.429 e. The van der Waals surface area contributed by atoms with E-state index in [0.29, 0.717) is 30.7 Å². The SMILES string of the molecule is CCCc1cc(F)c(C(F)(F)Oc2ccc(C(F)(F)Oc3cc(F)c(F)c(F)c3)cc2)c(F)c1. The van der Waals surface area contributed by atoms with Gasteiger partial charge in [-0.1, -0.05) is 13.3 Å². The zero-order chi connectivity index (χ0) is 25.3. The molecule has 0 N–H and O–H groups in total. The summed E-state index contributed by atoms with van der Waals surface area (Å²) in [5.41, 5.74) is -2.43. The maximum atomic E-state index is 14.4. The largest absolute Gasteiger partial charge is 0.432 e. The van der Waals surface area contributed by atoms with Gasteiger partial charge in [0.1, 0.15) is 28.7 Å². The van der Waals surface area contributed by atoms with E-state index in [-0.39, 0.29) is 24.1 Å². The standard InChI is InChI=1S/C23H15F9O2/c1-2-3-12-8-16(24)20(17(25)9-12)23(31,32)33-14-6-4-13(5-7-14)22(29,30)34-15-10-18(26)21(28)19(27)11-15/h4-11H,2-3H2,1H3. The first-order valence-electron chi connectivity index (χ1n) is 9.71. The normalized spacial score (nSPS) is 12.1. The van der Waals surface area contributed by atoms with E-state index in [1.807, 2.05) is 0 Å². The number of aryl methyl sites for hydroxylation is 1. The molecular weight excluding hydrogens is 479 g/mol. The molecule has 0 saturated carbocycles. The maximum Gasteiger partial charge on any atom is 0.432 e. The lowest BCUT2D eigenvalue weighted by molar-refractivity contribution is -0.190. The Balaban J connectivity index is 1.80. The number of alkyl halides is 4. The molecule has 3 rings (SSSR count). The topological polar surface area (TPSA) is 18.5 Å². The van der Waals surface area contributed by atoms with Crippen molar-refractivity contribution in [3.8, 4) is 11.5 Å². The van der Waals surface area contributed by atoms with Crippen LogP contribution in [0, 0.1) is 29.1 Å². The molecule has 182 valence electrons. The number of benzene rings is 3. The summed E-state index contributed by atoms with van der Waals surface area (Å²) in [6.07, 6.45) is -7.92. The molecule has 0 bridgehead atoms. The van der Waals surface area contributed by atoms with Crippen LogP contribution in [0.1, 0.15) is 30.0 Å². The van der Waals surface area contributed by atoms with Crippen LogP contribution in [0.15, 0.2) is 48.5 Å². The van der Waals surface area contributed by atoms with Gasteiger partial charge in [0.05, 0.1) is 5.56 Å². The fourth-order valence-electron chi connectivity index (χ4n) is 3.05. The van der Waals surface area contributed by atoms with Gasteiger partial charge in [0.2, 0.25) is 0 Å². The second-order valence-corrected chi connectivity index (χ2v) is 7.15. The Morgan fingerprint density at radius 1 is 0.647 bits per heavy atom. The molecule has 0 saturated heterocycles. The molecule has 0 spiro atoms. The third kappa shape index (κ3) is 5.40. The van der Waals surface area contributed by atoms with E-state index in [2.05, 4.69) is 9.47 Å². The van der Waals surface area contributed by atoms with E-state index < -0.39 is 63.9 Å². The quantitative estimate of drug-likeness (QED) is 0.237. The van der Waals surface area contributed by atoms with Crippen LogP contribution in [0.4, 0.5) is 39.5 Å². The molecule has 0 fully saturated rings. The molecule has 0 aromatic heterocycles. The Morgan fingerprint density at radius 2 is 1.15 bits per heavy atom. The van der Waals surface area contributed by atoms with E-state index in [1.165, 1.54) is 0 Å². The zero-order valence-corrected chi connectivity index (χ0v) is 17.3. The Kier molecular flexibility index (Phi) is 7.04. The summed E-state index contributed by atoms with van der Waals surface area (Å²) in [5.74, 6) is -10.2. The second-order valence-electron chi connectivity index (χ2n) is 7.15. The summed E-state index contributed by atoms with van der Waals surface area (Å²) in [6, 6.07) is 4.35. The molecule has 0 radical (unpaired) electrons. The first-order valence-corrected chi connectivity index (χ1v) is 9.71. The van der Waals surface area contributed by atoms with Gasteiger partial charge in [0.25, 0.3) is 0 Å². The van der Waals surface area contributed by atoms with Crippen molar-refractivity contribution in [3.63, 3.8) is 0 Å². The van der Waals surface area contributed by atoms with E-state index in [1.54, 1.807) is 6.92 Å². The molecule has 11 heteroatoms. The highest BCUT2D eigenvalue weighted by atomic mass is 19.3. The lowest BCUT2D eigenvalue weighted by Gasteiger charge is -2.21. The van der Waals surface area contributed by atoms with Crippen LogP contribution in [0.2, 0.25) is 0 Å². The van der Waals surface area contributed by atoms with Crippen LogP contribution in [0.25, 0.3) is 0 Å². The summed E-state index contributed by atoms with van der Waals surface area (Å²) >= 11 is 0. The van der Waals surface area contributed by atoms with Crippen molar-refractivity contribution >= 4 is 0 Å². The molecule has 34 heavy (non-hydrogen) atoms. The molecule has 0 amide bonds. The Labute approximate surface area is 187 Å². The molecule has 0 aliphatic carbocycles. The van der Waals surface area contributed by atoms with Gasteiger partial charge in [-0.2, -0.15) is 17.6 Å². The molecule has 0 heterocycles. The van der Waals surface area contributed by atoms with Gasteiger partial charge < -0.3 is 9.47 Å². The van der Waals surface area contributed by atoms with Crippen molar-refractivity contribution in [1.82, 2.24) is 0 Å². The van der Waals surface area contributed by atoms with E-state index in [0.717, 1.165) is 12.1 Å². The van der Waals surface area contributed by atoms with Gasteiger partial charge in [-0.15, -0.1) is 0 Å². The fourth-order valence-corrected chi connectivity index (χ4v) is 3.05. The van der Waals surface area contributed by atoms with Gasteiger partial charge in [0, 0.05) is 12.1 Å². The zero-order valence-electron chi connectivity index (χ0n) is 17.3. The van der Waals surface area contributed by atoms with Crippen LogP contribution >= 0.6 is 0 Å². The van der Waals surface area contributed by atoms with Gasteiger partial charge in [-0.05, 0) is 48.4 Å². The molecule has 2 nitrogen and oxygen atoms in total. The first kappa shape index (κ1) is 25.3. The molecular formula is C23H15F9O2. The van der Waals surface area contributed by atoms with Crippen LogP contribution in [-0.4, -0.2) is 0 Å². The number of ether oxygens (including phenoxy) is 2. The van der Waals surface area contributed by atoms with E-state index >= 15 is 0 Å². The average Bonchev–Trinajstić information content (AvgIpc) is 2.71. The van der Waals surface area contributed by atoms with Crippen molar-refractivity contribution in [2.24, 2.45) is 0 Å². The van der Waals surface area contributed by atoms with E-state index in [9.17, 15) is 39.5 Å². The minimum atomic E-state index is -4.48.